The Morgan fingerprint density at radius 3 is 2.18 bits per heavy atom. The van der Waals surface area contributed by atoms with Gasteiger partial charge < -0.3 is 20.3 Å². The van der Waals surface area contributed by atoms with Crippen LogP contribution in [0.1, 0.15) is 35.4 Å². The number of carbonyl (C=O) groups is 2. The van der Waals surface area contributed by atoms with E-state index in [0.717, 1.165) is 50.1 Å². The van der Waals surface area contributed by atoms with Gasteiger partial charge in [0.2, 0.25) is 0 Å². The zero-order valence-electron chi connectivity index (χ0n) is 15.1. The molecule has 1 aromatic heterocycles. The lowest BCUT2D eigenvalue weighted by Gasteiger charge is -2.20. The molecule has 0 saturated carbocycles. The lowest BCUT2D eigenvalue weighted by atomic mass is 10.2. The van der Waals surface area contributed by atoms with Gasteiger partial charge in [-0.15, -0.1) is 11.3 Å². The molecule has 0 bridgehead atoms. The monoisotopic (exact) mass is 409 g/mol. The first-order valence-electron chi connectivity index (χ1n) is 9.02. The van der Waals surface area contributed by atoms with E-state index in [2.05, 4.69) is 15.4 Å². The highest BCUT2D eigenvalue weighted by Crippen LogP contribution is 2.27. The molecule has 0 aliphatic carbocycles. The Balaban J connectivity index is 1.57. The maximum Gasteiger partial charge on any atom is 0.387 e. The van der Waals surface area contributed by atoms with Crippen molar-refractivity contribution >= 4 is 34.6 Å². The molecular weight excluding hydrogens is 388 g/mol. The van der Waals surface area contributed by atoms with E-state index < -0.39 is 12.5 Å². The van der Waals surface area contributed by atoms with Crippen LogP contribution >= 0.6 is 11.3 Å². The van der Waals surface area contributed by atoms with Gasteiger partial charge >= 0.3 is 12.6 Å². The maximum absolute atomic E-state index is 12.4. The summed E-state index contributed by atoms with van der Waals surface area (Å²) in [5, 5.41) is 6.99. The van der Waals surface area contributed by atoms with E-state index >= 15 is 0 Å². The molecule has 2 aromatic rings. The number of benzene rings is 1. The first-order valence-corrected chi connectivity index (χ1v) is 9.90. The van der Waals surface area contributed by atoms with Crippen LogP contribution in [0.25, 0.3) is 0 Å². The van der Waals surface area contributed by atoms with E-state index in [1.165, 1.54) is 11.4 Å². The molecule has 2 N–H and O–H groups in total. The average molecular weight is 409 g/mol. The van der Waals surface area contributed by atoms with Crippen molar-refractivity contribution in [1.29, 1.82) is 0 Å². The van der Waals surface area contributed by atoms with Gasteiger partial charge in [0, 0.05) is 24.5 Å². The fraction of sp³-hybridized carbons (Fsp3) is 0.368. The summed E-state index contributed by atoms with van der Waals surface area (Å²) in [5.74, 6) is -0.689. The molecule has 28 heavy (non-hydrogen) atoms. The number of likely N-dealkylation sites (tertiary alicyclic amines) is 1. The minimum Gasteiger partial charge on any atom is -0.433 e. The number of anilines is 2. The molecule has 1 aliphatic heterocycles. The standard InChI is InChI=1S/C19H21F2N3O3S/c20-18(21)27-15-9-12-28-16(15)17(25)22-13-5-7-14(8-6-13)23-19(26)24-10-3-1-2-4-11-24/h5-9,12,18H,1-4,10-11H2,(H,22,25)(H,23,26). The van der Waals surface area contributed by atoms with E-state index in [4.69, 9.17) is 0 Å². The van der Waals surface area contributed by atoms with E-state index in [1.807, 2.05) is 4.90 Å². The Labute approximate surface area is 165 Å². The predicted molar refractivity (Wildman–Crippen MR) is 104 cm³/mol. The number of alkyl halides is 2. The second-order valence-corrected chi connectivity index (χ2v) is 7.27. The third kappa shape index (κ3) is 5.41. The van der Waals surface area contributed by atoms with Gasteiger partial charge in [0.1, 0.15) is 10.6 Å². The van der Waals surface area contributed by atoms with Gasteiger partial charge in [-0.05, 0) is 48.6 Å². The number of nitrogens with zero attached hydrogens (tertiary/aromatic N) is 1. The van der Waals surface area contributed by atoms with Crippen molar-refractivity contribution in [2.45, 2.75) is 32.3 Å². The molecule has 0 spiro atoms. The Hall–Kier alpha value is -2.68. The maximum atomic E-state index is 12.4. The molecule has 1 saturated heterocycles. The summed E-state index contributed by atoms with van der Waals surface area (Å²) in [6, 6.07) is 7.82. The van der Waals surface area contributed by atoms with Crippen LogP contribution in [-0.2, 0) is 0 Å². The fourth-order valence-electron chi connectivity index (χ4n) is 2.95. The second-order valence-electron chi connectivity index (χ2n) is 6.36. The van der Waals surface area contributed by atoms with Crippen molar-refractivity contribution in [2.24, 2.45) is 0 Å². The topological polar surface area (TPSA) is 70.7 Å². The van der Waals surface area contributed by atoms with Gasteiger partial charge in [0.25, 0.3) is 5.91 Å². The van der Waals surface area contributed by atoms with Gasteiger partial charge in [-0.1, -0.05) is 12.8 Å². The number of carbonyl (C=O) groups excluding carboxylic acids is 2. The molecule has 0 atom stereocenters. The van der Waals surface area contributed by atoms with Gasteiger partial charge in [0.05, 0.1) is 0 Å². The van der Waals surface area contributed by atoms with Gasteiger partial charge in [-0.3, -0.25) is 4.79 Å². The lowest BCUT2D eigenvalue weighted by Crippen LogP contribution is -2.35. The molecule has 0 unspecified atom stereocenters. The Morgan fingerprint density at radius 1 is 0.964 bits per heavy atom. The average Bonchev–Trinajstić information content (AvgIpc) is 2.94. The Morgan fingerprint density at radius 2 is 1.57 bits per heavy atom. The fourth-order valence-corrected chi connectivity index (χ4v) is 3.67. The van der Waals surface area contributed by atoms with Crippen molar-refractivity contribution < 1.29 is 23.1 Å². The van der Waals surface area contributed by atoms with Crippen molar-refractivity contribution in [3.05, 3.63) is 40.6 Å². The van der Waals surface area contributed by atoms with Gasteiger partial charge in [0.15, 0.2) is 0 Å². The first kappa shape index (κ1) is 20.1. The van der Waals surface area contributed by atoms with Crippen LogP contribution in [0.5, 0.6) is 5.75 Å². The third-order valence-electron chi connectivity index (χ3n) is 4.34. The Kier molecular flexibility index (Phi) is 6.80. The molecule has 6 nitrogen and oxygen atoms in total. The van der Waals surface area contributed by atoms with Crippen LogP contribution in [0.15, 0.2) is 35.7 Å². The number of nitrogens with one attached hydrogen (secondary N) is 2. The van der Waals surface area contributed by atoms with Crippen LogP contribution in [0.4, 0.5) is 25.0 Å². The van der Waals surface area contributed by atoms with Crippen LogP contribution in [0, 0.1) is 0 Å². The molecule has 1 fully saturated rings. The summed E-state index contributed by atoms with van der Waals surface area (Å²) in [5.41, 5.74) is 1.10. The van der Waals surface area contributed by atoms with E-state index in [1.54, 1.807) is 24.3 Å². The van der Waals surface area contributed by atoms with E-state index in [9.17, 15) is 18.4 Å². The zero-order valence-corrected chi connectivity index (χ0v) is 15.9. The first-order chi connectivity index (χ1) is 13.5. The molecule has 9 heteroatoms. The molecule has 3 amide bonds. The minimum absolute atomic E-state index is 0.0684. The molecule has 1 aromatic carbocycles. The summed E-state index contributed by atoms with van der Waals surface area (Å²) in [4.78, 5) is 26.5. The largest absolute Gasteiger partial charge is 0.433 e. The molecule has 2 heterocycles. The molecule has 3 rings (SSSR count). The number of hydrogen-bond donors (Lipinski definition) is 2. The highest BCUT2D eigenvalue weighted by atomic mass is 32.1. The SMILES string of the molecule is O=C(Nc1ccc(NC(=O)N2CCCCCC2)cc1)c1sccc1OC(F)F. The van der Waals surface area contributed by atoms with Crippen molar-refractivity contribution in [3.8, 4) is 5.75 Å². The van der Waals surface area contributed by atoms with Gasteiger partial charge in [-0.25, -0.2) is 4.79 Å². The minimum atomic E-state index is -2.99. The van der Waals surface area contributed by atoms with Crippen molar-refractivity contribution in [1.82, 2.24) is 4.90 Å². The van der Waals surface area contributed by atoms with Crippen LogP contribution in [-0.4, -0.2) is 36.5 Å². The number of amides is 3. The van der Waals surface area contributed by atoms with Crippen molar-refractivity contribution in [2.75, 3.05) is 23.7 Å². The summed E-state index contributed by atoms with van der Waals surface area (Å²) in [7, 11) is 0. The zero-order chi connectivity index (χ0) is 19.9. The lowest BCUT2D eigenvalue weighted by molar-refractivity contribution is -0.0498. The molecule has 1 aliphatic rings. The van der Waals surface area contributed by atoms with Crippen LogP contribution in [0.2, 0.25) is 0 Å². The number of ether oxygens (including phenoxy) is 1. The summed E-state index contributed by atoms with van der Waals surface area (Å²) < 4.78 is 29.1. The van der Waals surface area contributed by atoms with E-state index in [-0.39, 0.29) is 16.7 Å². The van der Waals surface area contributed by atoms with Crippen LogP contribution in [0.3, 0.4) is 0 Å². The van der Waals surface area contributed by atoms with E-state index in [0.29, 0.717) is 11.4 Å². The normalized spacial score (nSPS) is 14.5. The number of urea groups is 1. The highest BCUT2D eigenvalue weighted by molar-refractivity contribution is 7.12. The predicted octanol–water partition coefficient (Wildman–Crippen LogP) is 5.01. The second kappa shape index (κ2) is 9.50. The third-order valence-corrected chi connectivity index (χ3v) is 5.23. The molecule has 150 valence electrons. The van der Waals surface area contributed by atoms with Crippen LogP contribution < -0.4 is 15.4 Å². The van der Waals surface area contributed by atoms with Crippen molar-refractivity contribution in [3.63, 3.8) is 0 Å². The summed E-state index contributed by atoms with van der Waals surface area (Å²) >= 11 is 1.02. The summed E-state index contributed by atoms with van der Waals surface area (Å²) in [6.07, 6.45) is 4.32. The molecule has 0 radical (unpaired) electrons. The number of halogens is 2. The molecular formula is C19H21F2N3O3S. The van der Waals surface area contributed by atoms with Gasteiger partial charge in [-0.2, -0.15) is 8.78 Å². The number of rotatable bonds is 5. The smallest absolute Gasteiger partial charge is 0.387 e. The highest BCUT2D eigenvalue weighted by Gasteiger charge is 2.18. The quantitative estimate of drug-likeness (QED) is 0.729. The number of thiophene rings is 1. The summed E-state index contributed by atoms with van der Waals surface area (Å²) in [6.45, 7) is -1.48. The number of hydrogen-bond acceptors (Lipinski definition) is 4. The Bertz CT molecular complexity index is 803.